The fraction of sp³-hybridized carbons (Fsp3) is 0.0952. The molecule has 4 aromatic rings. The number of anilines is 1. The Balaban J connectivity index is 1.63. The van der Waals surface area contributed by atoms with Gasteiger partial charge in [0.1, 0.15) is 10.8 Å². The van der Waals surface area contributed by atoms with Crippen molar-refractivity contribution in [3.05, 3.63) is 77.4 Å². The van der Waals surface area contributed by atoms with Crippen LogP contribution in [-0.4, -0.2) is 23.0 Å². The van der Waals surface area contributed by atoms with Gasteiger partial charge in [-0.25, -0.2) is 14.8 Å². The zero-order valence-electron chi connectivity index (χ0n) is 14.7. The van der Waals surface area contributed by atoms with Crippen LogP contribution in [0.2, 0.25) is 0 Å². The standard InChI is InChI=1S/C21H17N3O2S/c1-26-21(25)15-6-7-17-14(12-15)8-9-22-19(17)24-13-16-4-2-3-5-18(16)20-23-10-11-27-20/h2-12H,13H2,1H3,(H,22,24). The minimum Gasteiger partial charge on any atom is -0.465 e. The third kappa shape index (κ3) is 3.52. The number of pyridine rings is 1. The topological polar surface area (TPSA) is 64.1 Å². The van der Waals surface area contributed by atoms with Crippen LogP contribution in [0.25, 0.3) is 21.3 Å². The largest absolute Gasteiger partial charge is 0.465 e. The molecule has 27 heavy (non-hydrogen) atoms. The van der Waals surface area contributed by atoms with Crippen LogP contribution in [-0.2, 0) is 11.3 Å². The molecule has 0 atom stereocenters. The zero-order chi connectivity index (χ0) is 18.6. The van der Waals surface area contributed by atoms with Gasteiger partial charge in [-0.2, -0.15) is 0 Å². The number of nitrogens with zero attached hydrogens (tertiary/aromatic N) is 2. The van der Waals surface area contributed by atoms with Crippen molar-refractivity contribution in [1.82, 2.24) is 9.97 Å². The number of nitrogens with one attached hydrogen (secondary N) is 1. The molecule has 2 aromatic carbocycles. The Bertz CT molecular complexity index is 1090. The summed E-state index contributed by atoms with van der Waals surface area (Å²) in [5.41, 5.74) is 2.79. The Labute approximate surface area is 160 Å². The van der Waals surface area contributed by atoms with Crippen LogP contribution in [0.5, 0.6) is 0 Å². The number of esters is 1. The Morgan fingerprint density at radius 2 is 2.00 bits per heavy atom. The van der Waals surface area contributed by atoms with E-state index in [2.05, 4.69) is 27.4 Å². The summed E-state index contributed by atoms with van der Waals surface area (Å²) in [6.45, 7) is 0.626. The average Bonchev–Trinajstić information content (AvgIpc) is 3.26. The van der Waals surface area contributed by atoms with Gasteiger partial charge in [-0.1, -0.05) is 24.3 Å². The monoisotopic (exact) mass is 375 g/mol. The predicted octanol–water partition coefficient (Wildman–Crippen LogP) is 4.76. The van der Waals surface area contributed by atoms with E-state index >= 15 is 0 Å². The first-order chi connectivity index (χ1) is 13.3. The molecule has 0 aliphatic rings. The van der Waals surface area contributed by atoms with Crippen molar-refractivity contribution in [3.8, 4) is 10.6 Å². The molecule has 2 heterocycles. The van der Waals surface area contributed by atoms with Crippen LogP contribution >= 0.6 is 11.3 Å². The summed E-state index contributed by atoms with van der Waals surface area (Å²) in [6, 6.07) is 15.6. The molecule has 0 bridgehead atoms. The summed E-state index contributed by atoms with van der Waals surface area (Å²) in [5, 5.41) is 8.29. The minimum atomic E-state index is -0.347. The zero-order valence-corrected chi connectivity index (χ0v) is 15.5. The van der Waals surface area contributed by atoms with Crippen LogP contribution in [0.4, 0.5) is 5.82 Å². The molecule has 0 aliphatic carbocycles. The van der Waals surface area contributed by atoms with Crippen molar-refractivity contribution in [2.24, 2.45) is 0 Å². The SMILES string of the molecule is COC(=O)c1ccc2c(NCc3ccccc3-c3nccs3)nccc2c1. The molecule has 0 amide bonds. The smallest absolute Gasteiger partial charge is 0.337 e. The van der Waals surface area contributed by atoms with Crippen molar-refractivity contribution in [2.75, 3.05) is 12.4 Å². The first kappa shape index (κ1) is 17.2. The van der Waals surface area contributed by atoms with Gasteiger partial charge < -0.3 is 10.1 Å². The molecule has 0 spiro atoms. The molecule has 1 N–H and O–H groups in total. The fourth-order valence-corrected chi connectivity index (χ4v) is 3.68. The van der Waals surface area contributed by atoms with E-state index in [1.807, 2.05) is 41.9 Å². The minimum absolute atomic E-state index is 0.347. The van der Waals surface area contributed by atoms with E-state index in [9.17, 15) is 4.79 Å². The molecule has 0 fully saturated rings. The van der Waals surface area contributed by atoms with Crippen LogP contribution in [0, 0.1) is 0 Å². The predicted molar refractivity (Wildman–Crippen MR) is 108 cm³/mol. The number of fused-ring (bicyclic) bond motifs is 1. The van der Waals surface area contributed by atoms with E-state index in [0.717, 1.165) is 32.7 Å². The van der Waals surface area contributed by atoms with Crippen LogP contribution in [0.3, 0.4) is 0 Å². The van der Waals surface area contributed by atoms with Crippen molar-refractivity contribution >= 4 is 33.9 Å². The second-order valence-electron chi connectivity index (χ2n) is 5.94. The number of benzene rings is 2. The molecule has 2 aromatic heterocycles. The highest BCUT2D eigenvalue weighted by molar-refractivity contribution is 7.13. The van der Waals surface area contributed by atoms with Crippen molar-refractivity contribution in [1.29, 1.82) is 0 Å². The van der Waals surface area contributed by atoms with Gasteiger partial charge in [0.25, 0.3) is 0 Å². The lowest BCUT2D eigenvalue weighted by atomic mass is 10.1. The van der Waals surface area contributed by atoms with Gasteiger partial charge in [0.2, 0.25) is 0 Å². The lowest BCUT2D eigenvalue weighted by Gasteiger charge is -2.12. The average molecular weight is 375 g/mol. The Hall–Kier alpha value is -3.25. The quantitative estimate of drug-likeness (QED) is 0.510. The normalized spacial score (nSPS) is 10.7. The number of hydrogen-bond acceptors (Lipinski definition) is 6. The van der Waals surface area contributed by atoms with E-state index in [4.69, 9.17) is 4.74 Å². The van der Waals surface area contributed by atoms with Crippen molar-refractivity contribution in [3.63, 3.8) is 0 Å². The second kappa shape index (κ2) is 7.55. The van der Waals surface area contributed by atoms with E-state index in [1.54, 1.807) is 23.6 Å². The number of thiazole rings is 1. The maximum Gasteiger partial charge on any atom is 0.337 e. The van der Waals surface area contributed by atoms with Crippen LogP contribution < -0.4 is 5.32 Å². The van der Waals surface area contributed by atoms with E-state index in [1.165, 1.54) is 7.11 Å². The van der Waals surface area contributed by atoms with Gasteiger partial charge in [0.05, 0.1) is 12.7 Å². The summed E-state index contributed by atoms with van der Waals surface area (Å²) in [6.07, 6.45) is 3.55. The maximum absolute atomic E-state index is 11.7. The van der Waals surface area contributed by atoms with E-state index < -0.39 is 0 Å². The third-order valence-electron chi connectivity index (χ3n) is 4.31. The first-order valence-corrected chi connectivity index (χ1v) is 9.33. The summed E-state index contributed by atoms with van der Waals surface area (Å²) >= 11 is 1.62. The molecule has 0 aliphatic heterocycles. The summed E-state index contributed by atoms with van der Waals surface area (Å²) in [7, 11) is 1.38. The Kier molecular flexibility index (Phi) is 4.80. The maximum atomic E-state index is 11.7. The first-order valence-electron chi connectivity index (χ1n) is 8.45. The molecule has 134 valence electrons. The molecule has 6 heteroatoms. The number of aromatic nitrogens is 2. The van der Waals surface area contributed by atoms with Gasteiger partial charge >= 0.3 is 5.97 Å². The molecule has 4 rings (SSSR count). The molecular weight excluding hydrogens is 358 g/mol. The number of carbonyl (C=O) groups excluding carboxylic acids is 1. The molecule has 0 unspecified atom stereocenters. The molecular formula is C21H17N3O2S. The van der Waals surface area contributed by atoms with Gasteiger partial charge in [0.15, 0.2) is 0 Å². The fourth-order valence-electron chi connectivity index (χ4n) is 2.98. The number of ether oxygens (including phenoxy) is 1. The van der Waals surface area contributed by atoms with E-state index in [0.29, 0.717) is 12.1 Å². The van der Waals surface area contributed by atoms with Crippen molar-refractivity contribution < 1.29 is 9.53 Å². The summed E-state index contributed by atoms with van der Waals surface area (Å²) in [4.78, 5) is 20.6. The molecule has 0 saturated heterocycles. The van der Waals surface area contributed by atoms with Crippen LogP contribution in [0.15, 0.2) is 66.3 Å². The van der Waals surface area contributed by atoms with Gasteiger partial charge in [-0.3, -0.25) is 0 Å². The van der Waals surface area contributed by atoms with Crippen LogP contribution in [0.1, 0.15) is 15.9 Å². The number of carbonyl (C=O) groups is 1. The Morgan fingerprint density at radius 1 is 1.11 bits per heavy atom. The highest BCUT2D eigenvalue weighted by Gasteiger charge is 2.10. The highest BCUT2D eigenvalue weighted by atomic mass is 32.1. The lowest BCUT2D eigenvalue weighted by Crippen LogP contribution is -2.04. The van der Waals surface area contributed by atoms with Gasteiger partial charge in [0, 0.05) is 35.3 Å². The third-order valence-corrected chi connectivity index (χ3v) is 5.12. The van der Waals surface area contributed by atoms with Gasteiger partial charge in [-0.15, -0.1) is 11.3 Å². The lowest BCUT2D eigenvalue weighted by molar-refractivity contribution is 0.0601. The Morgan fingerprint density at radius 3 is 2.81 bits per heavy atom. The second-order valence-corrected chi connectivity index (χ2v) is 6.83. The van der Waals surface area contributed by atoms with Crippen molar-refractivity contribution in [2.45, 2.75) is 6.54 Å². The number of rotatable bonds is 5. The summed E-state index contributed by atoms with van der Waals surface area (Å²) < 4.78 is 4.79. The summed E-state index contributed by atoms with van der Waals surface area (Å²) in [5.74, 6) is 0.429. The molecule has 5 nitrogen and oxygen atoms in total. The number of hydrogen-bond donors (Lipinski definition) is 1. The number of methoxy groups -OCH3 is 1. The molecule has 0 saturated carbocycles. The van der Waals surface area contributed by atoms with E-state index in [-0.39, 0.29) is 5.97 Å². The molecule has 0 radical (unpaired) electrons. The van der Waals surface area contributed by atoms with Gasteiger partial charge in [-0.05, 0) is 35.2 Å². The highest BCUT2D eigenvalue weighted by Crippen LogP contribution is 2.27.